The molecule has 108 valence electrons. The molecule has 1 aliphatic heterocycles. The minimum absolute atomic E-state index is 0.0594. The summed E-state index contributed by atoms with van der Waals surface area (Å²) < 4.78 is 2.18. The van der Waals surface area contributed by atoms with E-state index in [0.717, 1.165) is 17.5 Å². The van der Waals surface area contributed by atoms with E-state index in [1.165, 1.54) is 5.52 Å². The number of carbonyl (C=O) groups is 1. The molecule has 21 heavy (non-hydrogen) atoms. The Bertz CT molecular complexity index is 760. The lowest BCUT2D eigenvalue weighted by Gasteiger charge is -2.08. The molecular weight excluding hydrogens is 282 g/mol. The molecule has 0 spiro atoms. The first-order chi connectivity index (χ1) is 10.2. The van der Waals surface area contributed by atoms with E-state index in [4.69, 9.17) is 12.2 Å². The zero-order valence-electron chi connectivity index (χ0n) is 12.1. The number of aryl methyl sites for hydroxylation is 1. The van der Waals surface area contributed by atoms with Crippen LogP contribution in [0.4, 0.5) is 0 Å². The van der Waals surface area contributed by atoms with E-state index in [0.29, 0.717) is 17.4 Å². The molecule has 2 heterocycles. The van der Waals surface area contributed by atoms with E-state index in [9.17, 15) is 4.79 Å². The molecule has 2 aromatic rings. The summed E-state index contributed by atoms with van der Waals surface area (Å²) in [5.41, 5.74) is 2.75. The van der Waals surface area contributed by atoms with Crippen molar-refractivity contribution in [2.75, 3.05) is 6.54 Å². The fourth-order valence-electron chi connectivity index (χ4n) is 2.67. The maximum Gasteiger partial charge on any atom is 0.276 e. The van der Waals surface area contributed by atoms with Gasteiger partial charge in [0.2, 0.25) is 0 Å². The predicted molar refractivity (Wildman–Crippen MR) is 88.7 cm³/mol. The van der Waals surface area contributed by atoms with Gasteiger partial charge in [0.15, 0.2) is 5.11 Å². The number of nitrogens with zero attached hydrogens (tertiary/aromatic N) is 2. The van der Waals surface area contributed by atoms with Gasteiger partial charge in [0.05, 0.1) is 0 Å². The molecule has 0 unspecified atom stereocenters. The van der Waals surface area contributed by atoms with Crippen LogP contribution in [-0.4, -0.2) is 27.0 Å². The second-order valence-electron chi connectivity index (χ2n) is 4.93. The van der Waals surface area contributed by atoms with E-state index in [2.05, 4.69) is 35.1 Å². The number of nitrogens with one attached hydrogen (secondary N) is 1. The number of benzene rings is 1. The summed E-state index contributed by atoms with van der Waals surface area (Å²) >= 11 is 5.18. The molecule has 1 amide bonds. The van der Waals surface area contributed by atoms with Gasteiger partial charge in [-0.15, -0.1) is 0 Å². The van der Waals surface area contributed by atoms with Crippen molar-refractivity contribution in [1.29, 1.82) is 0 Å². The predicted octanol–water partition coefficient (Wildman–Crippen LogP) is 2.74. The van der Waals surface area contributed by atoms with Gasteiger partial charge in [-0.1, -0.05) is 18.2 Å². The van der Waals surface area contributed by atoms with Crippen molar-refractivity contribution in [3.63, 3.8) is 0 Å². The van der Waals surface area contributed by atoms with Gasteiger partial charge in [0.25, 0.3) is 5.91 Å². The number of rotatable bonds is 3. The summed E-state index contributed by atoms with van der Waals surface area (Å²) in [5.74, 6) is -0.0594. The second-order valence-corrected chi connectivity index (χ2v) is 5.31. The fourth-order valence-corrected chi connectivity index (χ4v) is 2.99. The molecule has 0 aliphatic carbocycles. The summed E-state index contributed by atoms with van der Waals surface area (Å²) in [6, 6.07) is 8.20. The van der Waals surface area contributed by atoms with Crippen molar-refractivity contribution in [1.82, 2.24) is 14.8 Å². The maximum atomic E-state index is 12.3. The Morgan fingerprint density at radius 2 is 2.00 bits per heavy atom. The number of hydrogen-bond donors (Lipinski definition) is 1. The van der Waals surface area contributed by atoms with E-state index >= 15 is 0 Å². The molecule has 0 bridgehead atoms. The Balaban J connectivity index is 2.08. The van der Waals surface area contributed by atoms with Gasteiger partial charge in [0, 0.05) is 35.8 Å². The summed E-state index contributed by atoms with van der Waals surface area (Å²) in [6.45, 7) is 5.50. The van der Waals surface area contributed by atoms with Crippen LogP contribution in [0.3, 0.4) is 0 Å². The number of hydrogen-bond acceptors (Lipinski definition) is 2. The van der Waals surface area contributed by atoms with Crippen molar-refractivity contribution in [2.24, 2.45) is 0 Å². The average molecular weight is 299 g/mol. The lowest BCUT2D eigenvalue weighted by atomic mass is 10.1. The zero-order valence-corrected chi connectivity index (χ0v) is 12.9. The molecule has 1 fully saturated rings. The third kappa shape index (κ3) is 2.23. The number of aromatic nitrogens is 1. The fraction of sp³-hybridized carbons (Fsp3) is 0.250. The lowest BCUT2D eigenvalue weighted by Crippen LogP contribution is -2.30. The average Bonchev–Trinajstić information content (AvgIpc) is 2.98. The van der Waals surface area contributed by atoms with Crippen molar-refractivity contribution < 1.29 is 4.79 Å². The second kappa shape index (κ2) is 5.33. The number of carbonyl (C=O) groups excluding carboxylic acids is 1. The van der Waals surface area contributed by atoms with Crippen molar-refractivity contribution in [3.8, 4) is 0 Å². The smallest absolute Gasteiger partial charge is 0.276 e. The van der Waals surface area contributed by atoms with Gasteiger partial charge in [-0.2, -0.15) is 0 Å². The van der Waals surface area contributed by atoms with Crippen LogP contribution in [-0.2, 0) is 11.3 Å². The minimum Gasteiger partial charge on any atom is -0.347 e. The lowest BCUT2D eigenvalue weighted by molar-refractivity contribution is -0.122. The number of amides is 1. The molecule has 1 aromatic carbocycles. The Hall–Kier alpha value is -2.14. The SMILES string of the molecule is CCN1C(=O)C(=Cc2cn(CC)c3ccccc23)NC1=S. The zero-order chi connectivity index (χ0) is 15.0. The van der Waals surface area contributed by atoms with Crippen LogP contribution < -0.4 is 5.32 Å². The first kappa shape index (κ1) is 13.8. The molecule has 4 nitrogen and oxygen atoms in total. The Morgan fingerprint density at radius 1 is 1.24 bits per heavy atom. The quantitative estimate of drug-likeness (QED) is 0.699. The van der Waals surface area contributed by atoms with E-state index in [1.54, 1.807) is 4.90 Å². The topological polar surface area (TPSA) is 37.3 Å². The molecule has 0 radical (unpaired) electrons. The van der Waals surface area contributed by atoms with Gasteiger partial charge in [-0.05, 0) is 38.2 Å². The van der Waals surface area contributed by atoms with Crippen molar-refractivity contribution in [2.45, 2.75) is 20.4 Å². The van der Waals surface area contributed by atoms with Crippen molar-refractivity contribution in [3.05, 3.63) is 41.7 Å². The monoisotopic (exact) mass is 299 g/mol. The standard InChI is InChI=1S/C16H17N3OS/c1-3-18-10-11(12-7-5-6-8-14(12)18)9-13-15(20)19(4-2)16(21)17-13/h5-10H,3-4H2,1-2H3,(H,17,21). The van der Waals surface area contributed by atoms with Crippen LogP contribution in [0.15, 0.2) is 36.2 Å². The number of fused-ring (bicyclic) bond motifs is 1. The first-order valence-electron chi connectivity index (χ1n) is 7.08. The highest BCUT2D eigenvalue weighted by molar-refractivity contribution is 7.80. The number of thiocarbonyl (C=S) groups is 1. The molecule has 3 rings (SSSR count). The van der Waals surface area contributed by atoms with Crippen LogP contribution in [0.5, 0.6) is 0 Å². The van der Waals surface area contributed by atoms with E-state index in [-0.39, 0.29) is 5.91 Å². The van der Waals surface area contributed by atoms with Crippen molar-refractivity contribution >= 4 is 40.2 Å². The van der Waals surface area contributed by atoms with E-state index in [1.807, 2.05) is 25.1 Å². The third-order valence-corrected chi connectivity index (χ3v) is 4.06. The summed E-state index contributed by atoms with van der Waals surface area (Å²) in [4.78, 5) is 13.8. The molecule has 1 saturated heterocycles. The molecule has 0 saturated carbocycles. The van der Waals surface area contributed by atoms with Gasteiger partial charge in [0.1, 0.15) is 5.70 Å². The minimum atomic E-state index is -0.0594. The normalized spacial score (nSPS) is 17.0. The molecule has 1 aromatic heterocycles. The van der Waals surface area contributed by atoms with Crippen LogP contribution in [0, 0.1) is 0 Å². The van der Waals surface area contributed by atoms with Crippen LogP contribution in [0.25, 0.3) is 17.0 Å². The Kier molecular flexibility index (Phi) is 3.51. The number of likely N-dealkylation sites (N-methyl/N-ethyl adjacent to an activating group) is 1. The highest BCUT2D eigenvalue weighted by Crippen LogP contribution is 2.24. The molecule has 1 N–H and O–H groups in total. The summed E-state index contributed by atoms with van der Waals surface area (Å²) in [6.07, 6.45) is 3.96. The van der Waals surface area contributed by atoms with Crippen LogP contribution in [0.2, 0.25) is 0 Å². The first-order valence-corrected chi connectivity index (χ1v) is 7.49. The van der Waals surface area contributed by atoms with Gasteiger partial charge in [-0.25, -0.2) is 0 Å². The highest BCUT2D eigenvalue weighted by Gasteiger charge is 2.29. The van der Waals surface area contributed by atoms with E-state index < -0.39 is 0 Å². The van der Waals surface area contributed by atoms with Gasteiger partial charge >= 0.3 is 0 Å². The maximum absolute atomic E-state index is 12.3. The molecule has 1 aliphatic rings. The summed E-state index contributed by atoms with van der Waals surface area (Å²) in [7, 11) is 0. The van der Waals surface area contributed by atoms with Crippen LogP contribution in [0.1, 0.15) is 19.4 Å². The van der Waals surface area contributed by atoms with Gasteiger partial charge < -0.3 is 9.88 Å². The van der Waals surface area contributed by atoms with Gasteiger partial charge in [-0.3, -0.25) is 9.69 Å². The van der Waals surface area contributed by atoms with Crippen LogP contribution >= 0.6 is 12.2 Å². The molecular formula is C16H17N3OS. The molecule has 0 atom stereocenters. The molecule has 5 heteroatoms. The third-order valence-electron chi connectivity index (χ3n) is 3.74. The largest absolute Gasteiger partial charge is 0.347 e. The Labute approximate surface area is 129 Å². The summed E-state index contributed by atoms with van der Waals surface area (Å²) in [5, 5.41) is 4.63. The number of para-hydroxylation sites is 1. The Morgan fingerprint density at radius 3 is 2.67 bits per heavy atom. The highest BCUT2D eigenvalue weighted by atomic mass is 32.1.